The van der Waals surface area contributed by atoms with E-state index in [1.54, 1.807) is 12.1 Å². The molecule has 0 spiro atoms. The van der Waals surface area contributed by atoms with E-state index in [-0.39, 0.29) is 45.8 Å². The lowest BCUT2D eigenvalue weighted by molar-refractivity contribution is 0.455. The Labute approximate surface area is 185 Å². The number of rotatable bonds is 8. The zero-order chi connectivity index (χ0) is 23.0. The van der Waals surface area contributed by atoms with Crippen molar-refractivity contribution in [1.82, 2.24) is 0 Å². The number of isocyanates is 1. The molecule has 2 aromatic carbocycles. The largest absolute Gasteiger partial charge is 0.388 e. The van der Waals surface area contributed by atoms with Crippen molar-refractivity contribution in [2.75, 3.05) is 0 Å². The topological polar surface area (TPSA) is 163 Å². The summed E-state index contributed by atoms with van der Waals surface area (Å²) in [6.45, 7) is 0. The number of nitrogens with zero attached hydrogens (tertiary/aromatic N) is 2. The van der Waals surface area contributed by atoms with Gasteiger partial charge in [0.25, 0.3) is 16.4 Å². The van der Waals surface area contributed by atoms with Gasteiger partial charge < -0.3 is 8.92 Å². The van der Waals surface area contributed by atoms with Crippen LogP contribution in [0.25, 0.3) is 0 Å². The highest BCUT2D eigenvalue weighted by Gasteiger charge is 2.55. The van der Waals surface area contributed by atoms with Gasteiger partial charge in [-0.3, -0.25) is 9.11 Å². The standard InChI is InChI=1S/C20H16N2O8S2/c21-9-29-12-2-4-14(20(6-12)32(26,27)28)16-8-18(16)17-7-15(17)13-3-1-11(22-10-23)5-19(13)30-31(24)25/h1-6,15-18H,7-8H2,(H,24,25)(H,26,27,28). The van der Waals surface area contributed by atoms with Crippen molar-refractivity contribution < 1.29 is 35.4 Å². The molecule has 0 heterocycles. The molecule has 0 aromatic heterocycles. The number of hydrogen-bond acceptors (Lipinski definition) is 8. The first-order chi connectivity index (χ1) is 15.2. The summed E-state index contributed by atoms with van der Waals surface area (Å²) >= 11 is -2.56. The molecule has 10 nitrogen and oxygen atoms in total. The maximum Gasteiger partial charge on any atom is 0.357 e. The fraction of sp³-hybridized carbons (Fsp3) is 0.300. The van der Waals surface area contributed by atoms with Gasteiger partial charge in [0.05, 0.1) is 5.69 Å². The van der Waals surface area contributed by atoms with Crippen LogP contribution in [0.1, 0.15) is 35.8 Å². The molecular weight excluding hydrogens is 460 g/mol. The van der Waals surface area contributed by atoms with Crippen LogP contribution in [0.3, 0.4) is 0 Å². The van der Waals surface area contributed by atoms with Gasteiger partial charge in [-0.2, -0.15) is 17.6 Å². The van der Waals surface area contributed by atoms with Crippen molar-refractivity contribution in [1.29, 1.82) is 5.26 Å². The van der Waals surface area contributed by atoms with Crippen LogP contribution in [-0.2, 0) is 26.3 Å². The Morgan fingerprint density at radius 3 is 2.34 bits per heavy atom. The lowest BCUT2D eigenvalue weighted by Gasteiger charge is -2.10. The van der Waals surface area contributed by atoms with E-state index in [1.165, 1.54) is 30.5 Å². The molecule has 0 radical (unpaired) electrons. The van der Waals surface area contributed by atoms with E-state index in [9.17, 15) is 22.0 Å². The molecule has 166 valence electrons. The summed E-state index contributed by atoms with van der Waals surface area (Å²) < 4.78 is 63.3. The smallest absolute Gasteiger partial charge is 0.357 e. The Kier molecular flexibility index (Phi) is 5.85. The fourth-order valence-electron chi connectivity index (χ4n) is 4.35. The van der Waals surface area contributed by atoms with Gasteiger partial charge in [0.1, 0.15) is 16.4 Å². The third-order valence-corrected chi connectivity index (χ3v) is 7.02. The van der Waals surface area contributed by atoms with Crippen LogP contribution in [0.15, 0.2) is 46.3 Å². The van der Waals surface area contributed by atoms with Crippen molar-refractivity contribution in [3.63, 3.8) is 0 Å². The Balaban J connectivity index is 1.56. The van der Waals surface area contributed by atoms with Gasteiger partial charge in [0.2, 0.25) is 6.08 Å². The zero-order valence-electron chi connectivity index (χ0n) is 16.2. The highest BCUT2D eigenvalue weighted by Crippen LogP contribution is 2.66. The second kappa shape index (κ2) is 8.46. The van der Waals surface area contributed by atoms with Crippen LogP contribution in [-0.4, -0.2) is 27.8 Å². The normalized spacial score (nSPS) is 24.5. The average molecular weight is 476 g/mol. The Morgan fingerprint density at radius 2 is 1.75 bits per heavy atom. The molecule has 0 bridgehead atoms. The molecule has 32 heavy (non-hydrogen) atoms. The maximum atomic E-state index is 11.9. The van der Waals surface area contributed by atoms with Crippen LogP contribution in [0, 0.1) is 23.4 Å². The molecule has 0 amide bonds. The second-order valence-corrected chi connectivity index (χ2v) is 9.60. The minimum absolute atomic E-state index is 0.0160. The van der Waals surface area contributed by atoms with Crippen molar-refractivity contribution in [3.05, 3.63) is 47.5 Å². The molecule has 2 N–H and O–H groups in total. The quantitative estimate of drug-likeness (QED) is 0.191. The summed E-state index contributed by atoms with van der Waals surface area (Å²) in [5, 5.41) is 8.63. The summed E-state index contributed by atoms with van der Waals surface area (Å²) in [7, 11) is -4.52. The number of benzene rings is 2. The van der Waals surface area contributed by atoms with Gasteiger partial charge >= 0.3 is 11.4 Å². The van der Waals surface area contributed by atoms with E-state index >= 15 is 0 Å². The second-order valence-electron chi connectivity index (χ2n) is 7.61. The summed E-state index contributed by atoms with van der Waals surface area (Å²) in [6.07, 6.45) is 4.34. The van der Waals surface area contributed by atoms with Gasteiger partial charge in [-0.15, -0.1) is 5.26 Å². The van der Waals surface area contributed by atoms with Crippen LogP contribution in [0.2, 0.25) is 0 Å². The predicted molar refractivity (Wildman–Crippen MR) is 110 cm³/mol. The minimum atomic E-state index is -4.52. The Bertz CT molecular complexity index is 1300. The summed E-state index contributed by atoms with van der Waals surface area (Å²) in [5.41, 5.74) is 1.39. The van der Waals surface area contributed by atoms with E-state index < -0.39 is 21.5 Å². The summed E-state index contributed by atoms with van der Waals surface area (Å²) in [6, 6.07) is 8.78. The number of hydrogen-bond donors (Lipinski definition) is 2. The maximum absolute atomic E-state index is 11.9. The lowest BCUT2D eigenvalue weighted by atomic mass is 10.0. The molecule has 12 heteroatoms. The SMILES string of the molecule is N#COc1ccc(C2CC2C2CC2c2ccc(N=C=O)cc2OS(=O)O)c(S(=O)(=O)O)c1. The van der Waals surface area contributed by atoms with Crippen LogP contribution >= 0.6 is 0 Å². The lowest BCUT2D eigenvalue weighted by Crippen LogP contribution is -2.04. The molecule has 2 aliphatic carbocycles. The third kappa shape index (κ3) is 4.57. The summed E-state index contributed by atoms with van der Waals surface area (Å²) in [4.78, 5) is 13.7. The number of nitriles is 1. The van der Waals surface area contributed by atoms with Gasteiger partial charge in [-0.1, -0.05) is 12.1 Å². The van der Waals surface area contributed by atoms with E-state index in [0.29, 0.717) is 17.5 Å². The molecule has 0 aliphatic heterocycles. The molecule has 5 atom stereocenters. The molecule has 2 aromatic rings. The Morgan fingerprint density at radius 1 is 1.09 bits per heavy atom. The zero-order valence-corrected chi connectivity index (χ0v) is 17.9. The van der Waals surface area contributed by atoms with E-state index in [1.807, 2.05) is 0 Å². The van der Waals surface area contributed by atoms with Crippen molar-refractivity contribution in [2.24, 2.45) is 16.8 Å². The number of ether oxygens (including phenoxy) is 1. The first-order valence-corrected chi connectivity index (χ1v) is 11.9. The van der Waals surface area contributed by atoms with E-state index in [4.69, 9.17) is 14.0 Å². The van der Waals surface area contributed by atoms with Crippen molar-refractivity contribution >= 4 is 33.2 Å². The molecule has 4 rings (SSSR count). The highest BCUT2D eigenvalue weighted by atomic mass is 32.2. The van der Waals surface area contributed by atoms with Gasteiger partial charge in [0, 0.05) is 12.1 Å². The molecule has 2 aliphatic rings. The van der Waals surface area contributed by atoms with E-state index in [0.717, 1.165) is 12.5 Å². The number of carbonyl (C=O) groups excluding carboxylic acids is 1. The van der Waals surface area contributed by atoms with Crippen molar-refractivity contribution in [2.45, 2.75) is 29.6 Å². The monoisotopic (exact) mass is 476 g/mol. The van der Waals surface area contributed by atoms with Gasteiger partial charge in [-0.05, 0) is 59.8 Å². The first-order valence-electron chi connectivity index (χ1n) is 9.41. The number of aliphatic imine (C=N–C) groups is 1. The fourth-order valence-corrected chi connectivity index (χ4v) is 5.43. The minimum Gasteiger partial charge on any atom is -0.388 e. The molecule has 0 saturated heterocycles. The van der Waals surface area contributed by atoms with E-state index in [2.05, 4.69) is 9.73 Å². The highest BCUT2D eigenvalue weighted by molar-refractivity contribution is 7.85. The molecular formula is C20H16N2O8S2. The van der Waals surface area contributed by atoms with Crippen molar-refractivity contribution in [3.8, 4) is 17.8 Å². The molecule has 5 unspecified atom stereocenters. The van der Waals surface area contributed by atoms with Crippen LogP contribution in [0.5, 0.6) is 11.5 Å². The summed E-state index contributed by atoms with van der Waals surface area (Å²) in [5.74, 6) is 0.398. The molecule has 2 saturated carbocycles. The first kappa shape index (κ1) is 22.1. The van der Waals surface area contributed by atoms with Gasteiger partial charge in [-0.25, -0.2) is 4.79 Å². The molecule has 2 fully saturated rings. The third-order valence-electron chi connectivity index (χ3n) is 5.79. The average Bonchev–Trinajstić information content (AvgIpc) is 3.61. The Hall–Kier alpha value is -3.07. The van der Waals surface area contributed by atoms with Crippen LogP contribution < -0.4 is 8.92 Å². The predicted octanol–water partition coefficient (Wildman–Crippen LogP) is 3.18. The van der Waals surface area contributed by atoms with Crippen LogP contribution in [0.4, 0.5) is 5.69 Å². The van der Waals surface area contributed by atoms with Gasteiger partial charge in [0.15, 0.2) is 0 Å².